The van der Waals surface area contributed by atoms with Gasteiger partial charge in [-0.1, -0.05) is 13.3 Å². The van der Waals surface area contributed by atoms with Gasteiger partial charge in [0.05, 0.1) is 5.56 Å². The Labute approximate surface area is 116 Å². The molecule has 0 fully saturated rings. The van der Waals surface area contributed by atoms with Crippen molar-refractivity contribution in [1.29, 1.82) is 0 Å². The molecule has 2 nitrogen and oxygen atoms in total. The number of hydrogen-bond donors (Lipinski definition) is 2. The van der Waals surface area contributed by atoms with E-state index in [-0.39, 0.29) is 6.04 Å². The summed E-state index contributed by atoms with van der Waals surface area (Å²) in [4.78, 5) is 0. The molecule has 0 radical (unpaired) electrons. The summed E-state index contributed by atoms with van der Waals surface area (Å²) < 4.78 is 37.1. The van der Waals surface area contributed by atoms with Crippen LogP contribution in [0.3, 0.4) is 0 Å². The predicted octanol–water partition coefficient (Wildman–Crippen LogP) is 4.18. The number of hydrogen-bond acceptors (Lipinski definition) is 1. The summed E-state index contributed by atoms with van der Waals surface area (Å²) >= 11 is 5.09. The summed E-state index contributed by atoms with van der Waals surface area (Å²) in [5, 5.41) is 6.35. The Morgan fingerprint density at radius 1 is 1.26 bits per heavy atom. The van der Waals surface area contributed by atoms with Gasteiger partial charge < -0.3 is 10.6 Å². The van der Waals surface area contributed by atoms with E-state index in [0.717, 1.165) is 25.0 Å². The van der Waals surface area contributed by atoms with Crippen molar-refractivity contribution in [2.24, 2.45) is 0 Å². The molecule has 6 heteroatoms. The molecular formula is C13H17F3N2S. The van der Waals surface area contributed by atoms with Gasteiger partial charge in [0.1, 0.15) is 0 Å². The van der Waals surface area contributed by atoms with Crippen LogP contribution in [0, 0.1) is 0 Å². The molecule has 0 saturated carbocycles. The Morgan fingerprint density at radius 2 is 1.84 bits per heavy atom. The molecule has 1 aromatic rings. The van der Waals surface area contributed by atoms with Crippen LogP contribution in [0.25, 0.3) is 0 Å². The molecule has 0 saturated heterocycles. The topological polar surface area (TPSA) is 24.1 Å². The summed E-state index contributed by atoms with van der Waals surface area (Å²) in [5.74, 6) is 0. The summed E-state index contributed by atoms with van der Waals surface area (Å²) in [7, 11) is 0. The Hall–Kier alpha value is -1.30. The zero-order valence-corrected chi connectivity index (χ0v) is 11.7. The molecule has 1 atom stereocenters. The molecule has 0 aliphatic rings. The van der Waals surface area contributed by atoms with Crippen LogP contribution < -0.4 is 10.6 Å². The minimum atomic E-state index is -4.31. The number of benzene rings is 1. The Morgan fingerprint density at radius 3 is 2.32 bits per heavy atom. The van der Waals surface area contributed by atoms with E-state index in [1.807, 2.05) is 6.92 Å². The average molecular weight is 290 g/mol. The largest absolute Gasteiger partial charge is 0.416 e. The van der Waals surface area contributed by atoms with Gasteiger partial charge in [-0.2, -0.15) is 13.2 Å². The molecule has 0 unspecified atom stereocenters. The van der Waals surface area contributed by atoms with Gasteiger partial charge in [0, 0.05) is 11.7 Å². The molecule has 19 heavy (non-hydrogen) atoms. The van der Waals surface area contributed by atoms with Gasteiger partial charge in [-0.15, -0.1) is 0 Å². The van der Waals surface area contributed by atoms with E-state index in [4.69, 9.17) is 12.2 Å². The third-order valence-electron chi connectivity index (χ3n) is 2.57. The second kappa shape index (κ2) is 6.75. The first-order chi connectivity index (χ1) is 8.82. The van der Waals surface area contributed by atoms with Gasteiger partial charge in [0.2, 0.25) is 0 Å². The molecule has 0 spiro atoms. The van der Waals surface area contributed by atoms with Crippen molar-refractivity contribution in [3.05, 3.63) is 29.8 Å². The van der Waals surface area contributed by atoms with Crippen molar-refractivity contribution in [2.75, 3.05) is 5.32 Å². The summed E-state index contributed by atoms with van der Waals surface area (Å²) in [5.41, 5.74) is -0.134. The third-order valence-corrected chi connectivity index (χ3v) is 2.79. The minimum Gasteiger partial charge on any atom is -0.360 e. The Bertz CT molecular complexity index is 415. The molecule has 2 N–H and O–H groups in total. The van der Waals surface area contributed by atoms with Crippen LogP contribution in [0.5, 0.6) is 0 Å². The molecular weight excluding hydrogens is 273 g/mol. The first-order valence-electron chi connectivity index (χ1n) is 6.07. The first kappa shape index (κ1) is 15.8. The number of anilines is 1. The van der Waals surface area contributed by atoms with Crippen molar-refractivity contribution < 1.29 is 13.2 Å². The van der Waals surface area contributed by atoms with Crippen molar-refractivity contribution in [3.63, 3.8) is 0 Å². The number of alkyl halides is 3. The first-order valence-corrected chi connectivity index (χ1v) is 6.48. The quantitative estimate of drug-likeness (QED) is 0.813. The van der Waals surface area contributed by atoms with E-state index in [1.165, 1.54) is 12.1 Å². The van der Waals surface area contributed by atoms with Crippen molar-refractivity contribution in [1.82, 2.24) is 5.32 Å². The monoisotopic (exact) mass is 290 g/mol. The zero-order valence-electron chi connectivity index (χ0n) is 10.8. The summed E-state index contributed by atoms with van der Waals surface area (Å²) in [6, 6.07) is 5.02. The van der Waals surface area contributed by atoms with Crippen molar-refractivity contribution >= 4 is 23.0 Å². The molecule has 0 aromatic heterocycles. The lowest BCUT2D eigenvalue weighted by Crippen LogP contribution is -2.35. The fourth-order valence-electron chi connectivity index (χ4n) is 1.64. The van der Waals surface area contributed by atoms with E-state index in [9.17, 15) is 13.2 Å². The number of halogens is 3. The Balaban J connectivity index is 2.56. The van der Waals surface area contributed by atoms with Gasteiger partial charge in [0.25, 0.3) is 0 Å². The fourth-order valence-corrected chi connectivity index (χ4v) is 1.96. The predicted molar refractivity (Wildman–Crippen MR) is 75.2 cm³/mol. The van der Waals surface area contributed by atoms with E-state index >= 15 is 0 Å². The summed E-state index contributed by atoms with van der Waals surface area (Å²) in [6.45, 7) is 4.08. The highest BCUT2D eigenvalue weighted by Gasteiger charge is 2.29. The highest BCUT2D eigenvalue weighted by molar-refractivity contribution is 7.80. The van der Waals surface area contributed by atoms with Crippen LogP contribution in [0.1, 0.15) is 32.3 Å². The Kier molecular flexibility index (Phi) is 5.60. The van der Waals surface area contributed by atoms with Gasteiger partial charge in [-0.25, -0.2) is 0 Å². The fraction of sp³-hybridized carbons (Fsp3) is 0.462. The van der Waals surface area contributed by atoms with Crippen LogP contribution in [-0.4, -0.2) is 11.2 Å². The second-order valence-electron chi connectivity index (χ2n) is 4.36. The van der Waals surface area contributed by atoms with E-state index in [2.05, 4.69) is 17.6 Å². The smallest absolute Gasteiger partial charge is 0.360 e. The normalized spacial score (nSPS) is 12.9. The standard InChI is InChI=1S/C13H17F3N2S/c1-3-4-9(2)17-12(19)18-11-7-5-10(6-8-11)13(14,15)16/h5-9H,3-4H2,1-2H3,(H2,17,18,19)/t9-/m1/s1. The maximum Gasteiger partial charge on any atom is 0.416 e. The van der Waals surface area contributed by atoms with Crippen LogP contribution in [-0.2, 0) is 6.18 Å². The maximum absolute atomic E-state index is 12.4. The van der Waals surface area contributed by atoms with Crippen molar-refractivity contribution in [3.8, 4) is 0 Å². The number of thiocarbonyl (C=S) groups is 1. The van der Waals surface area contributed by atoms with Crippen molar-refractivity contribution in [2.45, 2.75) is 38.9 Å². The molecule has 0 aliphatic heterocycles. The van der Waals surface area contributed by atoms with Crippen LogP contribution >= 0.6 is 12.2 Å². The third kappa shape index (κ3) is 5.46. The zero-order chi connectivity index (χ0) is 14.5. The van der Waals surface area contributed by atoms with Crippen LogP contribution in [0.15, 0.2) is 24.3 Å². The van der Waals surface area contributed by atoms with Gasteiger partial charge in [-0.05, 0) is 49.8 Å². The lowest BCUT2D eigenvalue weighted by Gasteiger charge is -2.16. The van der Waals surface area contributed by atoms with Gasteiger partial charge in [0.15, 0.2) is 5.11 Å². The van der Waals surface area contributed by atoms with Gasteiger partial charge >= 0.3 is 6.18 Å². The molecule has 106 valence electrons. The molecule has 0 bridgehead atoms. The maximum atomic E-state index is 12.4. The van der Waals surface area contributed by atoms with Gasteiger partial charge in [-0.3, -0.25) is 0 Å². The SMILES string of the molecule is CCC[C@@H](C)NC(=S)Nc1ccc(C(F)(F)F)cc1. The molecule has 0 heterocycles. The van der Waals surface area contributed by atoms with E-state index in [0.29, 0.717) is 10.8 Å². The number of nitrogens with one attached hydrogen (secondary N) is 2. The van der Waals surface area contributed by atoms with E-state index in [1.54, 1.807) is 0 Å². The minimum absolute atomic E-state index is 0.236. The summed E-state index contributed by atoms with van der Waals surface area (Å²) in [6.07, 6.45) is -2.29. The molecule has 0 amide bonds. The highest BCUT2D eigenvalue weighted by Crippen LogP contribution is 2.29. The number of rotatable bonds is 4. The van der Waals surface area contributed by atoms with E-state index < -0.39 is 11.7 Å². The average Bonchev–Trinajstić information content (AvgIpc) is 2.28. The lowest BCUT2D eigenvalue weighted by molar-refractivity contribution is -0.137. The highest BCUT2D eigenvalue weighted by atomic mass is 32.1. The molecule has 1 aromatic carbocycles. The lowest BCUT2D eigenvalue weighted by atomic mass is 10.2. The second-order valence-corrected chi connectivity index (χ2v) is 4.77. The molecule has 1 rings (SSSR count). The molecule has 0 aliphatic carbocycles. The van der Waals surface area contributed by atoms with Crippen LogP contribution in [0.4, 0.5) is 18.9 Å². The van der Waals surface area contributed by atoms with Crippen LogP contribution in [0.2, 0.25) is 0 Å².